The monoisotopic (exact) mass is 569 g/mol. The lowest BCUT2D eigenvalue weighted by atomic mass is 9.72. The van der Waals surface area contributed by atoms with Crippen LogP contribution in [0.5, 0.6) is 5.88 Å². The molecule has 3 heterocycles. The van der Waals surface area contributed by atoms with Crippen LogP contribution < -0.4 is 4.74 Å². The molecular weight excluding hydrogens is 530 g/mol. The van der Waals surface area contributed by atoms with Gasteiger partial charge in [0.15, 0.2) is 0 Å². The van der Waals surface area contributed by atoms with E-state index >= 15 is 0 Å². The number of pyridine rings is 1. The van der Waals surface area contributed by atoms with Crippen molar-refractivity contribution >= 4 is 16.0 Å². The fourth-order valence-corrected chi connectivity index (χ4v) is 6.65. The van der Waals surface area contributed by atoms with Crippen molar-refractivity contribution in [2.24, 2.45) is 5.41 Å². The highest BCUT2D eigenvalue weighted by Gasteiger charge is 2.39. The van der Waals surface area contributed by atoms with Crippen molar-refractivity contribution in [3.63, 3.8) is 0 Å². The van der Waals surface area contributed by atoms with E-state index in [0.29, 0.717) is 19.3 Å². The van der Waals surface area contributed by atoms with E-state index in [-0.39, 0.29) is 35.9 Å². The molecule has 0 fully saturated rings. The summed E-state index contributed by atoms with van der Waals surface area (Å²) in [5.74, 6) is -1.10. The molecule has 40 heavy (non-hydrogen) atoms. The van der Waals surface area contributed by atoms with E-state index in [2.05, 4.69) is 22.2 Å². The summed E-state index contributed by atoms with van der Waals surface area (Å²) in [4.78, 5) is 16.6. The number of fused-ring (bicyclic) bond motifs is 1. The van der Waals surface area contributed by atoms with E-state index in [9.17, 15) is 18.3 Å². The van der Waals surface area contributed by atoms with Crippen LogP contribution in [0.2, 0.25) is 0 Å². The lowest BCUT2D eigenvalue weighted by molar-refractivity contribution is -0.148. The number of aromatic nitrogens is 4. The molecular formula is C29H39N5O5S. The Labute approximate surface area is 236 Å². The minimum atomic E-state index is -3.87. The molecule has 0 saturated heterocycles. The predicted octanol–water partition coefficient (Wildman–Crippen LogP) is 4.58. The number of sulfonamides is 1. The van der Waals surface area contributed by atoms with Gasteiger partial charge < -0.3 is 9.84 Å². The van der Waals surface area contributed by atoms with Crippen molar-refractivity contribution in [2.45, 2.75) is 90.3 Å². The normalized spacial score (nSPS) is 18.0. The van der Waals surface area contributed by atoms with Crippen molar-refractivity contribution < 1.29 is 23.1 Å². The van der Waals surface area contributed by atoms with Crippen LogP contribution in [0.1, 0.15) is 75.3 Å². The molecule has 0 saturated carbocycles. The zero-order valence-electron chi connectivity index (χ0n) is 23.9. The Kier molecular flexibility index (Phi) is 8.94. The number of aryl methyl sites for hydroxylation is 3. The fraction of sp³-hybridized carbons (Fsp3) is 0.517. The number of nitrogens with zero attached hydrogens (tertiary/aromatic N) is 5. The van der Waals surface area contributed by atoms with Crippen LogP contribution in [0.3, 0.4) is 0 Å². The molecule has 4 rings (SSSR count). The fourth-order valence-electron chi connectivity index (χ4n) is 5.13. The first-order valence-electron chi connectivity index (χ1n) is 13.8. The molecule has 1 aromatic carbocycles. The smallest absolute Gasteiger partial charge is 0.309 e. The molecule has 1 aliphatic heterocycles. The Balaban J connectivity index is 1.67. The van der Waals surface area contributed by atoms with Gasteiger partial charge >= 0.3 is 5.97 Å². The number of benzene rings is 1. The summed E-state index contributed by atoms with van der Waals surface area (Å²) < 4.78 is 36.6. The summed E-state index contributed by atoms with van der Waals surface area (Å²) in [5.41, 5.74) is 2.36. The maximum absolute atomic E-state index is 13.7. The van der Waals surface area contributed by atoms with Gasteiger partial charge in [0.2, 0.25) is 15.9 Å². The van der Waals surface area contributed by atoms with E-state index in [1.165, 1.54) is 16.6 Å². The second-order valence-electron chi connectivity index (χ2n) is 11.0. The Hall–Kier alpha value is -3.31. The molecule has 10 nitrogen and oxygen atoms in total. The predicted molar refractivity (Wildman–Crippen MR) is 151 cm³/mol. The number of rotatable bonds is 11. The molecule has 0 spiro atoms. The Bertz CT molecular complexity index is 1450. The quantitative estimate of drug-likeness (QED) is 0.355. The SMILES string of the molecule is CCCn1cc(CCC(c2ccc(C)c(CN3C[C@@H](CC)Oc4ncccc4S3(=O)=O)c2)C(C)(C)C(=O)O)nn1. The molecule has 2 atom stereocenters. The van der Waals surface area contributed by atoms with Crippen molar-refractivity contribution in [3.8, 4) is 5.88 Å². The van der Waals surface area contributed by atoms with Crippen LogP contribution in [0.25, 0.3) is 0 Å². The molecule has 216 valence electrons. The van der Waals surface area contributed by atoms with Gasteiger partial charge in [0, 0.05) is 25.5 Å². The number of carboxylic acid groups (broad SMARTS) is 1. The molecule has 2 aromatic heterocycles. The Morgan fingerprint density at radius 3 is 2.73 bits per heavy atom. The largest absolute Gasteiger partial charge is 0.481 e. The van der Waals surface area contributed by atoms with Gasteiger partial charge in [-0.15, -0.1) is 5.10 Å². The number of hydrogen-bond acceptors (Lipinski definition) is 7. The summed E-state index contributed by atoms with van der Waals surface area (Å²) in [5, 5.41) is 18.6. The van der Waals surface area contributed by atoms with E-state index in [1.54, 1.807) is 24.6 Å². The molecule has 11 heteroatoms. The zero-order chi connectivity index (χ0) is 29.1. The van der Waals surface area contributed by atoms with Crippen LogP contribution in [0.4, 0.5) is 0 Å². The van der Waals surface area contributed by atoms with E-state index in [1.807, 2.05) is 38.2 Å². The van der Waals surface area contributed by atoms with Crippen molar-refractivity contribution in [1.82, 2.24) is 24.3 Å². The maximum Gasteiger partial charge on any atom is 0.309 e. The second kappa shape index (κ2) is 12.1. The van der Waals surface area contributed by atoms with Crippen molar-refractivity contribution in [3.05, 3.63) is 65.1 Å². The first-order valence-corrected chi connectivity index (χ1v) is 15.2. The Morgan fingerprint density at radius 1 is 1.25 bits per heavy atom. The number of carbonyl (C=O) groups is 1. The minimum Gasteiger partial charge on any atom is -0.481 e. The first kappa shape index (κ1) is 29.7. The molecule has 0 amide bonds. The van der Waals surface area contributed by atoms with Crippen LogP contribution in [-0.2, 0) is 34.3 Å². The third kappa shape index (κ3) is 6.20. The van der Waals surface area contributed by atoms with E-state index < -0.39 is 21.4 Å². The van der Waals surface area contributed by atoms with Crippen LogP contribution in [-0.4, -0.2) is 56.4 Å². The first-order chi connectivity index (χ1) is 19.0. The summed E-state index contributed by atoms with van der Waals surface area (Å²) >= 11 is 0. The summed E-state index contributed by atoms with van der Waals surface area (Å²) in [6.45, 7) is 10.6. The third-order valence-electron chi connectivity index (χ3n) is 7.77. The maximum atomic E-state index is 13.7. The van der Waals surface area contributed by atoms with E-state index in [0.717, 1.165) is 35.3 Å². The van der Waals surface area contributed by atoms with Gasteiger partial charge in [-0.3, -0.25) is 9.48 Å². The Morgan fingerprint density at radius 2 is 2.02 bits per heavy atom. The topological polar surface area (TPSA) is 128 Å². The van der Waals surface area contributed by atoms with Gasteiger partial charge in [-0.05, 0) is 81.2 Å². The molecule has 1 N–H and O–H groups in total. The second-order valence-corrected chi connectivity index (χ2v) is 12.9. The average molecular weight is 570 g/mol. The van der Waals surface area contributed by atoms with Crippen molar-refractivity contribution in [2.75, 3.05) is 6.54 Å². The number of hydrogen-bond donors (Lipinski definition) is 1. The van der Waals surface area contributed by atoms with Crippen molar-refractivity contribution in [1.29, 1.82) is 0 Å². The highest BCUT2D eigenvalue weighted by molar-refractivity contribution is 7.89. The molecule has 0 aliphatic carbocycles. The van der Waals surface area contributed by atoms with Gasteiger partial charge in [-0.25, -0.2) is 13.4 Å². The standard InChI is InChI=1S/C29H39N5O5S/c1-6-15-33-18-23(31-32-33)12-13-25(29(4,5)28(35)36)21-11-10-20(3)22(16-21)17-34-19-24(7-2)39-27-26(40(34,37)38)9-8-14-30-27/h8-11,14,16,18,24-25H,6-7,12-13,15,17,19H2,1-5H3,(H,35,36)/t24-,25?/m1/s1. The molecule has 3 aromatic rings. The van der Waals surface area contributed by atoms with E-state index in [4.69, 9.17) is 4.74 Å². The highest BCUT2D eigenvalue weighted by atomic mass is 32.2. The van der Waals surface area contributed by atoms with Gasteiger partial charge in [0.25, 0.3) is 0 Å². The van der Waals surface area contributed by atoms with Crippen LogP contribution >= 0.6 is 0 Å². The molecule has 0 bridgehead atoms. The summed E-state index contributed by atoms with van der Waals surface area (Å²) in [6, 6.07) is 8.98. The summed E-state index contributed by atoms with van der Waals surface area (Å²) in [7, 11) is -3.87. The number of ether oxygens (including phenoxy) is 1. The number of aliphatic carboxylic acids is 1. The molecule has 1 unspecified atom stereocenters. The average Bonchev–Trinajstić information content (AvgIpc) is 3.32. The van der Waals surface area contributed by atoms with Crippen LogP contribution in [0.15, 0.2) is 47.6 Å². The molecule has 1 aliphatic rings. The van der Waals surface area contributed by atoms with Gasteiger partial charge in [-0.1, -0.05) is 37.3 Å². The lowest BCUT2D eigenvalue weighted by Gasteiger charge is -2.32. The molecule has 0 radical (unpaired) electrons. The lowest BCUT2D eigenvalue weighted by Crippen LogP contribution is -2.36. The van der Waals surface area contributed by atoms with Gasteiger partial charge in [0.1, 0.15) is 11.0 Å². The minimum absolute atomic E-state index is 0.0563. The third-order valence-corrected chi connectivity index (χ3v) is 9.59. The van der Waals surface area contributed by atoms with Gasteiger partial charge in [-0.2, -0.15) is 4.31 Å². The highest BCUT2D eigenvalue weighted by Crippen LogP contribution is 2.40. The zero-order valence-corrected chi connectivity index (χ0v) is 24.7. The summed E-state index contributed by atoms with van der Waals surface area (Å²) in [6.07, 6.45) is 5.81. The van der Waals surface area contributed by atoms with Crippen LogP contribution in [0, 0.1) is 12.3 Å². The van der Waals surface area contributed by atoms with Gasteiger partial charge in [0.05, 0.1) is 17.7 Å². The number of carboxylic acids is 1.